The molecule has 7 heteroatoms. The molecule has 4 rings (SSSR count). The van der Waals surface area contributed by atoms with Crippen molar-refractivity contribution in [3.05, 3.63) is 48.0 Å². The maximum absolute atomic E-state index is 12.0. The molecular weight excluding hydrogens is 382 g/mol. The van der Waals surface area contributed by atoms with Crippen LogP contribution in [0.3, 0.4) is 0 Å². The van der Waals surface area contributed by atoms with Crippen molar-refractivity contribution in [2.75, 3.05) is 30.4 Å². The predicted molar refractivity (Wildman–Crippen MR) is 119 cm³/mol. The lowest BCUT2D eigenvalue weighted by Crippen LogP contribution is -2.20. The van der Waals surface area contributed by atoms with Crippen molar-refractivity contribution in [2.24, 2.45) is 5.92 Å². The summed E-state index contributed by atoms with van der Waals surface area (Å²) in [7, 11) is 2.16. The fourth-order valence-electron chi connectivity index (χ4n) is 3.27. The fraction of sp³-hybridized carbons (Fsp3) is 0.409. The Morgan fingerprint density at radius 2 is 2.03 bits per heavy atom. The van der Waals surface area contributed by atoms with Crippen LogP contribution in [-0.2, 0) is 11.3 Å². The van der Waals surface area contributed by atoms with Gasteiger partial charge in [0.05, 0.1) is 5.69 Å². The Morgan fingerprint density at radius 1 is 1.24 bits per heavy atom. The topological polar surface area (TPSA) is 62.5 Å². The zero-order valence-corrected chi connectivity index (χ0v) is 17.8. The SMILES string of the molecule is CCSCCN(C)Cc1ccc(-c2cccc3nc(NC(=O)C4CC4)nn23)cc1. The van der Waals surface area contributed by atoms with Gasteiger partial charge in [0.2, 0.25) is 11.9 Å². The predicted octanol–water partition coefficient (Wildman–Crippen LogP) is 3.93. The molecule has 1 aliphatic carbocycles. The fourth-order valence-corrected chi connectivity index (χ4v) is 4.00. The molecule has 1 fully saturated rings. The molecule has 0 bridgehead atoms. The molecule has 3 aromatic rings. The van der Waals surface area contributed by atoms with Gasteiger partial charge in [-0.05, 0) is 43.3 Å². The Balaban J connectivity index is 1.48. The van der Waals surface area contributed by atoms with E-state index in [9.17, 15) is 4.79 Å². The quantitative estimate of drug-likeness (QED) is 0.543. The molecule has 1 N–H and O–H groups in total. The van der Waals surface area contributed by atoms with Crippen molar-refractivity contribution >= 4 is 29.3 Å². The summed E-state index contributed by atoms with van der Waals surface area (Å²) in [5, 5.41) is 7.35. The van der Waals surface area contributed by atoms with Crippen LogP contribution in [0.5, 0.6) is 0 Å². The first-order chi connectivity index (χ1) is 14.1. The third-order valence-corrected chi connectivity index (χ3v) is 5.95. The van der Waals surface area contributed by atoms with Crippen LogP contribution in [0.15, 0.2) is 42.5 Å². The van der Waals surface area contributed by atoms with Crippen molar-refractivity contribution in [3.8, 4) is 11.3 Å². The van der Waals surface area contributed by atoms with Gasteiger partial charge in [-0.1, -0.05) is 37.3 Å². The third kappa shape index (κ3) is 4.97. The van der Waals surface area contributed by atoms with Crippen LogP contribution in [0.1, 0.15) is 25.3 Å². The van der Waals surface area contributed by atoms with E-state index in [0.717, 1.165) is 42.8 Å². The van der Waals surface area contributed by atoms with E-state index in [0.29, 0.717) is 5.95 Å². The van der Waals surface area contributed by atoms with E-state index in [4.69, 9.17) is 0 Å². The Bertz CT molecular complexity index is 981. The number of carbonyl (C=O) groups excluding carboxylic acids is 1. The highest BCUT2D eigenvalue weighted by molar-refractivity contribution is 7.99. The lowest BCUT2D eigenvalue weighted by atomic mass is 10.1. The van der Waals surface area contributed by atoms with E-state index < -0.39 is 0 Å². The van der Waals surface area contributed by atoms with Gasteiger partial charge in [0.25, 0.3) is 0 Å². The summed E-state index contributed by atoms with van der Waals surface area (Å²) in [5.41, 5.74) is 4.06. The number of fused-ring (bicyclic) bond motifs is 1. The molecule has 1 amide bonds. The number of nitrogens with one attached hydrogen (secondary N) is 1. The summed E-state index contributed by atoms with van der Waals surface area (Å²) < 4.78 is 1.80. The number of pyridine rings is 1. The van der Waals surface area contributed by atoms with Crippen LogP contribution in [0, 0.1) is 5.92 Å². The third-order valence-electron chi connectivity index (χ3n) is 5.07. The summed E-state index contributed by atoms with van der Waals surface area (Å²) >= 11 is 1.97. The molecule has 0 aliphatic heterocycles. The van der Waals surface area contributed by atoms with Crippen molar-refractivity contribution in [3.63, 3.8) is 0 Å². The van der Waals surface area contributed by atoms with Crippen LogP contribution in [-0.4, -0.2) is 50.5 Å². The molecule has 0 spiro atoms. The van der Waals surface area contributed by atoms with Gasteiger partial charge in [0, 0.05) is 30.3 Å². The Kier molecular flexibility index (Phi) is 6.16. The second-order valence-corrected chi connectivity index (χ2v) is 8.91. The smallest absolute Gasteiger partial charge is 0.249 e. The lowest BCUT2D eigenvalue weighted by molar-refractivity contribution is -0.117. The lowest BCUT2D eigenvalue weighted by Gasteiger charge is -2.16. The number of benzene rings is 1. The normalized spacial score (nSPS) is 13.9. The first-order valence-electron chi connectivity index (χ1n) is 10.2. The van der Waals surface area contributed by atoms with Crippen LogP contribution in [0.4, 0.5) is 5.95 Å². The summed E-state index contributed by atoms with van der Waals surface area (Å²) in [6.45, 7) is 4.23. The average Bonchev–Trinajstić information content (AvgIpc) is 3.49. The number of thioether (sulfide) groups is 1. The molecule has 2 aromatic heterocycles. The van der Waals surface area contributed by atoms with Gasteiger partial charge in [-0.2, -0.15) is 16.7 Å². The van der Waals surface area contributed by atoms with E-state index in [-0.39, 0.29) is 11.8 Å². The van der Waals surface area contributed by atoms with Gasteiger partial charge in [-0.25, -0.2) is 4.52 Å². The number of nitrogens with zero attached hydrogens (tertiary/aromatic N) is 4. The summed E-state index contributed by atoms with van der Waals surface area (Å²) in [6, 6.07) is 14.5. The van der Waals surface area contributed by atoms with Gasteiger partial charge in [-0.3, -0.25) is 10.1 Å². The molecule has 0 unspecified atom stereocenters. The highest BCUT2D eigenvalue weighted by Gasteiger charge is 2.30. The summed E-state index contributed by atoms with van der Waals surface area (Å²) in [4.78, 5) is 18.8. The molecule has 2 heterocycles. The number of rotatable bonds is 9. The minimum absolute atomic E-state index is 0.0215. The zero-order valence-electron chi connectivity index (χ0n) is 17.0. The minimum Gasteiger partial charge on any atom is -0.301 e. The van der Waals surface area contributed by atoms with Crippen molar-refractivity contribution < 1.29 is 4.79 Å². The van der Waals surface area contributed by atoms with Crippen LogP contribution >= 0.6 is 11.8 Å². The van der Waals surface area contributed by atoms with Gasteiger partial charge in [0.15, 0.2) is 5.65 Å². The van der Waals surface area contributed by atoms with E-state index in [1.807, 2.05) is 30.0 Å². The molecule has 152 valence electrons. The number of aromatic nitrogens is 3. The van der Waals surface area contributed by atoms with Gasteiger partial charge in [0.1, 0.15) is 0 Å². The van der Waals surface area contributed by atoms with Crippen molar-refractivity contribution in [2.45, 2.75) is 26.3 Å². The maximum atomic E-state index is 12.0. The molecule has 29 heavy (non-hydrogen) atoms. The Hall–Kier alpha value is -2.38. The molecule has 0 saturated heterocycles. The van der Waals surface area contributed by atoms with E-state index in [1.165, 1.54) is 17.1 Å². The number of carbonyl (C=O) groups is 1. The van der Waals surface area contributed by atoms with Gasteiger partial charge in [-0.15, -0.1) is 5.10 Å². The Labute approximate surface area is 175 Å². The van der Waals surface area contributed by atoms with E-state index >= 15 is 0 Å². The number of anilines is 1. The number of amides is 1. The molecule has 0 radical (unpaired) electrons. The van der Waals surface area contributed by atoms with E-state index in [1.54, 1.807) is 4.52 Å². The van der Waals surface area contributed by atoms with Crippen LogP contribution < -0.4 is 5.32 Å². The van der Waals surface area contributed by atoms with Gasteiger partial charge >= 0.3 is 0 Å². The first kappa shape index (κ1) is 19.9. The highest BCUT2D eigenvalue weighted by atomic mass is 32.2. The second-order valence-electron chi connectivity index (χ2n) is 7.51. The number of hydrogen-bond donors (Lipinski definition) is 1. The molecule has 0 atom stereocenters. The zero-order chi connectivity index (χ0) is 20.2. The molecule has 1 aromatic carbocycles. The number of hydrogen-bond acceptors (Lipinski definition) is 5. The molecule has 1 aliphatic rings. The molecular formula is C22H27N5OS. The maximum Gasteiger partial charge on any atom is 0.249 e. The van der Waals surface area contributed by atoms with Crippen molar-refractivity contribution in [1.82, 2.24) is 19.5 Å². The van der Waals surface area contributed by atoms with Crippen LogP contribution in [0.2, 0.25) is 0 Å². The highest BCUT2D eigenvalue weighted by Crippen LogP contribution is 2.30. The molecule has 6 nitrogen and oxygen atoms in total. The Morgan fingerprint density at radius 3 is 2.76 bits per heavy atom. The standard InChI is InChI=1S/C22H27N5OS/c1-3-29-14-13-26(2)15-16-7-9-17(10-8-16)19-5-4-6-20-23-22(25-27(19)20)24-21(28)18-11-12-18/h4-10,18H,3,11-15H2,1-2H3,(H,24,25,28). The first-order valence-corrected chi connectivity index (χ1v) is 11.3. The largest absolute Gasteiger partial charge is 0.301 e. The van der Waals surface area contributed by atoms with Crippen LogP contribution in [0.25, 0.3) is 16.9 Å². The monoisotopic (exact) mass is 409 g/mol. The van der Waals surface area contributed by atoms with Crippen molar-refractivity contribution in [1.29, 1.82) is 0 Å². The molecule has 1 saturated carbocycles. The minimum atomic E-state index is 0.0215. The second kappa shape index (κ2) is 8.97. The average molecular weight is 410 g/mol. The summed E-state index contributed by atoms with van der Waals surface area (Å²) in [5.74, 6) is 2.86. The van der Waals surface area contributed by atoms with Gasteiger partial charge < -0.3 is 4.90 Å². The van der Waals surface area contributed by atoms with E-state index in [2.05, 4.69) is 58.5 Å². The summed E-state index contributed by atoms with van der Waals surface area (Å²) in [6.07, 6.45) is 1.92.